The number of aromatic nitrogens is 3. The largest absolute Gasteiger partial charge is 0.508 e. The maximum Gasteiger partial charge on any atom is 0.271 e. The standard InChI is InChI=1S/C40H44FN7O4/c1-24-20-47(21-25(2)43-24)22-29-16-28(10-15-36(29)49)27-7-5-8-33(17-27)52-40-34(18-30(41)19-42-40)38(50)44-31-11-13-32(14-12-31)45-39(51)35-23-48-26(3)6-4-9-37(48)46-35/h4-10,15-19,23-25,31-32,43,49H,11-14,20-22H2,1-3H3,(H,44,50)(H,45,51)/t24-,25+,31-,32-. The first-order valence-electron chi connectivity index (χ1n) is 17.9. The number of rotatable bonds is 9. The van der Waals surface area contributed by atoms with Gasteiger partial charge in [0, 0.05) is 61.3 Å². The second-order valence-electron chi connectivity index (χ2n) is 14.2. The topological polar surface area (TPSA) is 133 Å². The number of piperazine rings is 1. The van der Waals surface area contributed by atoms with Crippen molar-refractivity contribution in [2.75, 3.05) is 13.1 Å². The van der Waals surface area contributed by atoms with Crippen LogP contribution >= 0.6 is 0 Å². The van der Waals surface area contributed by atoms with Gasteiger partial charge in [0.2, 0.25) is 5.88 Å². The zero-order valence-corrected chi connectivity index (χ0v) is 29.6. The molecule has 12 heteroatoms. The molecular formula is C40H44FN7O4. The quantitative estimate of drug-likeness (QED) is 0.147. The first-order valence-corrected chi connectivity index (χ1v) is 17.9. The number of phenols is 1. The number of pyridine rings is 2. The van der Waals surface area contributed by atoms with Crippen LogP contribution in [-0.4, -0.2) is 73.4 Å². The molecule has 1 aliphatic heterocycles. The molecule has 5 aromatic rings. The summed E-state index contributed by atoms with van der Waals surface area (Å²) in [6.07, 6.45) is 5.40. The van der Waals surface area contributed by atoms with Gasteiger partial charge in [-0.05, 0) is 100 Å². The lowest BCUT2D eigenvalue weighted by Gasteiger charge is -2.36. The molecule has 2 atom stereocenters. The fourth-order valence-electron chi connectivity index (χ4n) is 7.39. The SMILES string of the molecule is Cc1cccc2nc(C(=O)N[C@H]3CC[C@H](NC(=O)c4cc(F)cnc4Oc4cccc(-c5ccc(O)c(CN6C[C@@H](C)N[C@@H](C)C6)c5)c4)CC3)cn12. The molecular weight excluding hydrogens is 661 g/mol. The highest BCUT2D eigenvalue weighted by Gasteiger charge is 2.27. The maximum absolute atomic E-state index is 14.4. The molecule has 2 aliphatic rings. The zero-order chi connectivity index (χ0) is 36.4. The van der Waals surface area contributed by atoms with Crippen molar-refractivity contribution in [1.29, 1.82) is 0 Å². The van der Waals surface area contributed by atoms with Crippen LogP contribution in [0.25, 0.3) is 16.8 Å². The highest BCUT2D eigenvalue weighted by molar-refractivity contribution is 5.96. The van der Waals surface area contributed by atoms with Crippen molar-refractivity contribution in [3.8, 4) is 28.5 Å². The first-order chi connectivity index (χ1) is 25.1. The van der Waals surface area contributed by atoms with Crippen LogP contribution in [0, 0.1) is 12.7 Å². The number of hydrogen-bond donors (Lipinski definition) is 4. The monoisotopic (exact) mass is 705 g/mol. The molecule has 0 radical (unpaired) electrons. The lowest BCUT2D eigenvalue weighted by atomic mass is 9.91. The van der Waals surface area contributed by atoms with Gasteiger partial charge < -0.3 is 30.2 Å². The number of nitrogens with one attached hydrogen (secondary N) is 3. The van der Waals surface area contributed by atoms with E-state index in [0.717, 1.165) is 53.4 Å². The fraction of sp³-hybridized carbons (Fsp3) is 0.350. The molecule has 2 fully saturated rings. The number of carbonyl (C=O) groups excluding carboxylic acids is 2. The van der Waals surface area contributed by atoms with E-state index in [0.29, 0.717) is 55.8 Å². The minimum absolute atomic E-state index is 0.00521. The molecule has 3 aromatic heterocycles. The maximum atomic E-state index is 14.4. The van der Waals surface area contributed by atoms with Crippen LogP contribution in [0.1, 0.15) is 71.6 Å². The van der Waals surface area contributed by atoms with Crippen LogP contribution in [-0.2, 0) is 6.54 Å². The molecule has 7 rings (SSSR count). The molecule has 0 spiro atoms. The molecule has 2 aromatic carbocycles. The number of halogens is 1. The van der Waals surface area contributed by atoms with Gasteiger partial charge in [0.15, 0.2) is 0 Å². The van der Waals surface area contributed by atoms with Crippen molar-refractivity contribution in [2.24, 2.45) is 0 Å². The Labute approximate surface area is 302 Å². The molecule has 1 aliphatic carbocycles. The Balaban J connectivity index is 0.980. The number of fused-ring (bicyclic) bond motifs is 1. The van der Waals surface area contributed by atoms with Crippen LogP contribution in [0.3, 0.4) is 0 Å². The third-order valence-corrected chi connectivity index (χ3v) is 9.88. The highest BCUT2D eigenvalue weighted by Crippen LogP contribution is 2.32. The van der Waals surface area contributed by atoms with Crippen molar-refractivity contribution >= 4 is 17.5 Å². The Kier molecular flexibility index (Phi) is 10.2. The molecule has 1 saturated heterocycles. The summed E-state index contributed by atoms with van der Waals surface area (Å²) in [5.41, 5.74) is 4.66. The third-order valence-electron chi connectivity index (χ3n) is 9.88. The van der Waals surface area contributed by atoms with Gasteiger partial charge >= 0.3 is 0 Å². The van der Waals surface area contributed by atoms with Gasteiger partial charge in [0.05, 0.1) is 6.20 Å². The van der Waals surface area contributed by atoms with Crippen LogP contribution in [0.5, 0.6) is 17.4 Å². The number of amides is 2. The smallest absolute Gasteiger partial charge is 0.271 e. The molecule has 0 bridgehead atoms. The molecule has 2 amide bonds. The van der Waals surface area contributed by atoms with Crippen molar-refractivity contribution < 1.29 is 23.8 Å². The van der Waals surface area contributed by atoms with Crippen molar-refractivity contribution in [3.63, 3.8) is 0 Å². The van der Waals surface area contributed by atoms with E-state index >= 15 is 0 Å². The predicted molar refractivity (Wildman–Crippen MR) is 196 cm³/mol. The van der Waals surface area contributed by atoms with E-state index in [2.05, 4.69) is 44.7 Å². The summed E-state index contributed by atoms with van der Waals surface area (Å²) in [6.45, 7) is 8.70. The molecule has 11 nitrogen and oxygen atoms in total. The number of ether oxygens (including phenoxy) is 1. The van der Waals surface area contributed by atoms with E-state index in [1.807, 2.05) is 59.9 Å². The summed E-state index contributed by atoms with van der Waals surface area (Å²) in [6, 6.07) is 20.3. The number of aromatic hydroxyl groups is 1. The average Bonchev–Trinajstić information content (AvgIpc) is 3.57. The molecule has 1 saturated carbocycles. The minimum Gasteiger partial charge on any atom is -0.508 e. The molecule has 0 unspecified atom stereocenters. The van der Waals surface area contributed by atoms with Gasteiger partial charge in [-0.2, -0.15) is 0 Å². The van der Waals surface area contributed by atoms with Crippen LogP contribution in [0.15, 0.2) is 79.1 Å². The molecule has 52 heavy (non-hydrogen) atoms. The Morgan fingerprint density at radius 1 is 0.923 bits per heavy atom. The summed E-state index contributed by atoms with van der Waals surface area (Å²) in [5.74, 6) is -0.680. The van der Waals surface area contributed by atoms with Crippen molar-refractivity contribution in [2.45, 2.75) is 77.2 Å². The second-order valence-corrected chi connectivity index (χ2v) is 14.2. The van der Waals surface area contributed by atoms with E-state index in [9.17, 15) is 19.1 Å². The number of aryl methyl sites for hydroxylation is 1. The van der Waals surface area contributed by atoms with Crippen molar-refractivity contribution in [3.05, 3.63) is 107 Å². The normalized spacial score (nSPS) is 20.8. The van der Waals surface area contributed by atoms with Gasteiger partial charge in [-0.3, -0.25) is 14.5 Å². The van der Waals surface area contributed by atoms with E-state index in [1.54, 1.807) is 18.3 Å². The molecule has 4 heterocycles. The minimum atomic E-state index is -0.648. The lowest BCUT2D eigenvalue weighted by Crippen LogP contribution is -2.53. The summed E-state index contributed by atoms with van der Waals surface area (Å²) in [7, 11) is 0. The number of carbonyl (C=O) groups is 2. The number of nitrogens with zero attached hydrogens (tertiary/aromatic N) is 4. The van der Waals surface area contributed by atoms with Crippen molar-refractivity contribution in [1.82, 2.24) is 35.2 Å². The second kappa shape index (κ2) is 15.1. The average molecular weight is 706 g/mol. The summed E-state index contributed by atoms with van der Waals surface area (Å²) in [4.78, 5) is 37.4. The van der Waals surface area contributed by atoms with Gasteiger partial charge in [0.1, 0.15) is 34.2 Å². The Morgan fingerprint density at radius 3 is 2.35 bits per heavy atom. The Hall–Kier alpha value is -5.33. The van der Waals surface area contributed by atoms with Crippen LogP contribution in [0.2, 0.25) is 0 Å². The van der Waals surface area contributed by atoms with E-state index in [-0.39, 0.29) is 35.2 Å². The first kappa shape index (κ1) is 35.1. The summed E-state index contributed by atoms with van der Waals surface area (Å²) < 4.78 is 22.4. The van der Waals surface area contributed by atoms with Gasteiger partial charge in [-0.15, -0.1) is 0 Å². The molecule has 4 N–H and O–H groups in total. The number of hydrogen-bond acceptors (Lipinski definition) is 8. The van der Waals surface area contributed by atoms with Gasteiger partial charge in [0.25, 0.3) is 11.8 Å². The number of imidazole rings is 1. The summed E-state index contributed by atoms with van der Waals surface area (Å²) >= 11 is 0. The number of benzene rings is 2. The molecule has 270 valence electrons. The van der Waals surface area contributed by atoms with E-state index < -0.39 is 11.7 Å². The highest BCUT2D eigenvalue weighted by atomic mass is 19.1. The lowest BCUT2D eigenvalue weighted by molar-refractivity contribution is 0.0888. The number of phenolic OH excluding ortho intramolecular Hbond substituents is 1. The van der Waals surface area contributed by atoms with Crippen LogP contribution in [0.4, 0.5) is 4.39 Å². The summed E-state index contributed by atoms with van der Waals surface area (Å²) in [5, 5.41) is 20.3. The zero-order valence-electron chi connectivity index (χ0n) is 29.6. The Morgan fingerprint density at radius 2 is 1.62 bits per heavy atom. The van der Waals surface area contributed by atoms with Crippen LogP contribution < -0.4 is 20.7 Å². The Bertz CT molecular complexity index is 2080. The predicted octanol–water partition coefficient (Wildman–Crippen LogP) is 5.99. The van der Waals surface area contributed by atoms with Gasteiger partial charge in [-0.25, -0.2) is 14.4 Å². The fourth-order valence-corrected chi connectivity index (χ4v) is 7.39. The van der Waals surface area contributed by atoms with E-state index in [4.69, 9.17) is 4.74 Å². The third kappa shape index (κ3) is 8.08. The van der Waals surface area contributed by atoms with E-state index in [1.165, 1.54) is 0 Å². The van der Waals surface area contributed by atoms with Gasteiger partial charge in [-0.1, -0.05) is 24.3 Å².